The fourth-order valence-electron chi connectivity index (χ4n) is 4.32. The number of carbonyl (C=O) groups excluding carboxylic acids is 3. The summed E-state index contributed by atoms with van der Waals surface area (Å²) in [6, 6.07) is 15.5. The Morgan fingerprint density at radius 2 is 1.88 bits per heavy atom. The molecular weight excluding hydrogens is 408 g/mol. The van der Waals surface area contributed by atoms with Gasteiger partial charge in [0.15, 0.2) is 0 Å². The van der Waals surface area contributed by atoms with Gasteiger partial charge in [0, 0.05) is 12.2 Å². The fraction of sp³-hybridized carbons (Fsp3) is 0.375. The molecule has 8 heteroatoms. The van der Waals surface area contributed by atoms with E-state index in [2.05, 4.69) is 10.6 Å². The number of hydrogen-bond acceptors (Lipinski definition) is 5. The van der Waals surface area contributed by atoms with Gasteiger partial charge in [0.2, 0.25) is 11.8 Å². The minimum Gasteiger partial charge on any atom is -0.497 e. The lowest BCUT2D eigenvalue weighted by Crippen LogP contribution is -2.70. The number of piperidine rings is 1. The molecule has 2 aliphatic rings. The molecule has 2 unspecified atom stereocenters. The predicted octanol–water partition coefficient (Wildman–Crippen LogP) is 2.26. The van der Waals surface area contributed by atoms with E-state index in [1.54, 1.807) is 36.3 Å². The number of fused-ring (bicyclic) bond motifs is 1. The van der Waals surface area contributed by atoms with Gasteiger partial charge in [0.25, 0.3) is 0 Å². The van der Waals surface area contributed by atoms with Crippen LogP contribution in [0.3, 0.4) is 0 Å². The smallest absolute Gasteiger partial charge is 0.327 e. The molecule has 0 saturated carbocycles. The lowest BCUT2D eigenvalue weighted by Gasteiger charge is -2.46. The van der Waals surface area contributed by atoms with Gasteiger partial charge in [-0.3, -0.25) is 14.5 Å². The van der Waals surface area contributed by atoms with Gasteiger partial charge in [0.05, 0.1) is 13.2 Å². The number of urea groups is 1. The second kappa shape index (κ2) is 9.82. The van der Waals surface area contributed by atoms with Crippen LogP contribution in [0.15, 0.2) is 54.6 Å². The number of ether oxygens (including phenoxy) is 1. The van der Waals surface area contributed by atoms with Gasteiger partial charge in [-0.25, -0.2) is 4.79 Å². The molecule has 2 aromatic rings. The fourth-order valence-corrected chi connectivity index (χ4v) is 4.32. The molecule has 0 spiro atoms. The summed E-state index contributed by atoms with van der Waals surface area (Å²) in [6.07, 6.45) is 2.11. The Balaban J connectivity index is 1.47. The normalized spacial score (nSPS) is 20.7. The second-order valence-corrected chi connectivity index (χ2v) is 8.05. The first-order valence-electron chi connectivity index (χ1n) is 10.9. The Bertz CT molecular complexity index is 964. The summed E-state index contributed by atoms with van der Waals surface area (Å²) in [5.41, 5.74) is 1.67. The third-order valence-corrected chi connectivity index (χ3v) is 5.99. The summed E-state index contributed by atoms with van der Waals surface area (Å²) in [6.45, 7) is 0.894. The number of imide groups is 1. The molecular formula is C24H28N4O4. The number of nitrogens with one attached hydrogen (secondary N) is 2. The highest BCUT2D eigenvalue weighted by molar-refractivity contribution is 6.03. The van der Waals surface area contributed by atoms with Crippen LogP contribution in [0.1, 0.15) is 18.4 Å². The maximum Gasteiger partial charge on any atom is 0.327 e. The number of hydrogen-bond donors (Lipinski definition) is 2. The van der Waals surface area contributed by atoms with Crippen molar-refractivity contribution < 1.29 is 19.1 Å². The number of nitrogens with zero attached hydrogens (tertiary/aromatic N) is 2. The van der Waals surface area contributed by atoms with Gasteiger partial charge < -0.3 is 20.3 Å². The minimum atomic E-state index is -0.481. The van der Waals surface area contributed by atoms with E-state index in [4.69, 9.17) is 4.74 Å². The highest BCUT2D eigenvalue weighted by atomic mass is 16.5. The lowest BCUT2D eigenvalue weighted by atomic mass is 9.93. The molecule has 2 N–H and O–H groups in total. The maximum atomic E-state index is 13.3. The molecule has 4 amide bonds. The van der Waals surface area contributed by atoms with E-state index in [0.29, 0.717) is 24.3 Å². The summed E-state index contributed by atoms with van der Waals surface area (Å²) in [5.74, 6) is 0.186. The van der Waals surface area contributed by atoms with Crippen LogP contribution in [0.4, 0.5) is 10.5 Å². The first-order valence-corrected chi connectivity index (χ1v) is 10.9. The SMILES string of the molecule is COc1ccc(NC(=O)CN2C(=O)N(CCc3ccccc3)C(=O)C3NCCCC32)cc1. The number of anilines is 1. The molecule has 0 aliphatic carbocycles. The van der Waals surface area contributed by atoms with Gasteiger partial charge in [-0.1, -0.05) is 30.3 Å². The van der Waals surface area contributed by atoms with Gasteiger partial charge in [0.1, 0.15) is 18.3 Å². The highest BCUT2D eigenvalue weighted by Crippen LogP contribution is 2.25. The van der Waals surface area contributed by atoms with Gasteiger partial charge in [-0.15, -0.1) is 0 Å². The average molecular weight is 437 g/mol. The van der Waals surface area contributed by atoms with Gasteiger partial charge in [-0.05, 0) is 55.6 Å². The van der Waals surface area contributed by atoms with Crippen molar-refractivity contribution in [2.24, 2.45) is 0 Å². The van der Waals surface area contributed by atoms with Crippen molar-refractivity contribution in [1.82, 2.24) is 15.1 Å². The van der Waals surface area contributed by atoms with E-state index in [0.717, 1.165) is 18.5 Å². The second-order valence-electron chi connectivity index (χ2n) is 8.05. The highest BCUT2D eigenvalue weighted by Gasteiger charge is 2.47. The van der Waals surface area contributed by atoms with Crippen LogP contribution in [-0.4, -0.2) is 66.5 Å². The van der Waals surface area contributed by atoms with Crippen molar-refractivity contribution in [3.05, 3.63) is 60.2 Å². The Morgan fingerprint density at radius 3 is 2.59 bits per heavy atom. The van der Waals surface area contributed by atoms with E-state index < -0.39 is 12.1 Å². The van der Waals surface area contributed by atoms with Crippen molar-refractivity contribution in [3.8, 4) is 5.75 Å². The van der Waals surface area contributed by atoms with E-state index in [9.17, 15) is 14.4 Å². The zero-order valence-electron chi connectivity index (χ0n) is 18.1. The molecule has 4 rings (SSSR count). The van der Waals surface area contributed by atoms with Gasteiger partial charge in [-0.2, -0.15) is 0 Å². The van der Waals surface area contributed by atoms with Crippen LogP contribution in [0.2, 0.25) is 0 Å². The zero-order valence-corrected chi connectivity index (χ0v) is 18.1. The van der Waals surface area contributed by atoms with Crippen LogP contribution in [0, 0.1) is 0 Å². The van der Waals surface area contributed by atoms with Crippen LogP contribution in [0.25, 0.3) is 0 Å². The molecule has 0 aromatic heterocycles. The minimum absolute atomic E-state index is 0.108. The molecule has 0 radical (unpaired) electrons. The van der Waals surface area contributed by atoms with Crippen LogP contribution < -0.4 is 15.4 Å². The lowest BCUT2D eigenvalue weighted by molar-refractivity contribution is -0.138. The van der Waals surface area contributed by atoms with Crippen LogP contribution in [0.5, 0.6) is 5.75 Å². The summed E-state index contributed by atoms with van der Waals surface area (Å²) < 4.78 is 5.14. The van der Waals surface area contributed by atoms with E-state index in [1.807, 2.05) is 30.3 Å². The summed E-state index contributed by atoms with van der Waals surface area (Å²) in [5, 5.41) is 6.08. The largest absolute Gasteiger partial charge is 0.497 e. The van der Waals surface area contributed by atoms with Crippen LogP contribution >= 0.6 is 0 Å². The van der Waals surface area contributed by atoms with E-state index in [1.165, 1.54) is 4.90 Å². The van der Waals surface area contributed by atoms with Crippen molar-refractivity contribution in [3.63, 3.8) is 0 Å². The average Bonchev–Trinajstić information content (AvgIpc) is 2.83. The number of carbonyl (C=O) groups is 3. The summed E-state index contributed by atoms with van der Waals surface area (Å²) in [7, 11) is 1.58. The maximum absolute atomic E-state index is 13.3. The third kappa shape index (κ3) is 4.75. The number of amides is 4. The Morgan fingerprint density at radius 1 is 1.12 bits per heavy atom. The van der Waals surface area contributed by atoms with Crippen molar-refractivity contribution in [1.29, 1.82) is 0 Å². The molecule has 2 atom stereocenters. The molecule has 2 heterocycles. The first-order chi connectivity index (χ1) is 15.6. The molecule has 32 heavy (non-hydrogen) atoms. The van der Waals surface area contributed by atoms with E-state index >= 15 is 0 Å². The van der Waals surface area contributed by atoms with Crippen molar-refractivity contribution in [2.45, 2.75) is 31.3 Å². The van der Waals surface area contributed by atoms with Gasteiger partial charge >= 0.3 is 6.03 Å². The molecule has 2 aromatic carbocycles. The molecule has 8 nitrogen and oxygen atoms in total. The third-order valence-electron chi connectivity index (χ3n) is 5.99. The zero-order chi connectivity index (χ0) is 22.5. The molecule has 2 aliphatic heterocycles. The van der Waals surface area contributed by atoms with Crippen molar-refractivity contribution >= 4 is 23.5 Å². The number of benzene rings is 2. The molecule has 0 bridgehead atoms. The quantitative estimate of drug-likeness (QED) is 0.695. The van der Waals surface area contributed by atoms with Crippen molar-refractivity contribution in [2.75, 3.05) is 32.1 Å². The Labute approximate surface area is 187 Å². The number of methoxy groups -OCH3 is 1. The summed E-state index contributed by atoms with van der Waals surface area (Å²) in [4.78, 5) is 42.0. The first kappa shape index (κ1) is 21.8. The topological polar surface area (TPSA) is 91.0 Å². The Hall–Kier alpha value is -3.39. The predicted molar refractivity (Wildman–Crippen MR) is 120 cm³/mol. The molecule has 2 fully saturated rings. The molecule has 2 saturated heterocycles. The van der Waals surface area contributed by atoms with Crippen LogP contribution in [-0.2, 0) is 16.0 Å². The van der Waals surface area contributed by atoms with E-state index in [-0.39, 0.29) is 30.9 Å². The monoisotopic (exact) mass is 436 g/mol. The summed E-state index contributed by atoms with van der Waals surface area (Å²) >= 11 is 0. The number of rotatable bonds is 7. The standard InChI is InChI=1S/C24H28N4O4/c1-32-19-11-9-18(10-12-19)26-21(29)16-28-20-8-5-14-25-22(20)23(30)27(24(28)31)15-13-17-6-3-2-4-7-17/h2-4,6-7,9-12,20,22,25H,5,8,13-16H2,1H3,(H,26,29). The Kier molecular flexibility index (Phi) is 6.70. The molecule has 168 valence electrons.